The van der Waals surface area contributed by atoms with Crippen LogP contribution in [-0.4, -0.2) is 32.2 Å². The minimum absolute atomic E-state index is 0.224. The van der Waals surface area contributed by atoms with Gasteiger partial charge in [-0.15, -0.1) is 0 Å². The molecule has 1 aliphatic rings. The summed E-state index contributed by atoms with van der Waals surface area (Å²) in [4.78, 5) is 36.7. The number of anilines is 1. The molecule has 1 heterocycles. The summed E-state index contributed by atoms with van der Waals surface area (Å²) in [6.45, 7) is 3.40. The zero-order valence-electron chi connectivity index (χ0n) is 15.4. The molecule has 0 radical (unpaired) electrons. The molecule has 0 aliphatic carbocycles. The Bertz CT molecular complexity index is 824. The lowest BCUT2D eigenvalue weighted by Crippen LogP contribution is -2.34. The van der Waals surface area contributed by atoms with Crippen molar-refractivity contribution in [2.24, 2.45) is 5.73 Å². The van der Waals surface area contributed by atoms with Crippen molar-refractivity contribution in [2.45, 2.75) is 19.8 Å². The van der Waals surface area contributed by atoms with Crippen molar-refractivity contribution in [3.05, 3.63) is 52.4 Å². The van der Waals surface area contributed by atoms with E-state index in [-0.39, 0.29) is 11.1 Å². The predicted octanol–water partition coefficient (Wildman–Crippen LogP) is 2.00. The minimum atomic E-state index is -0.837. The van der Waals surface area contributed by atoms with E-state index in [0.717, 1.165) is 4.31 Å². The number of benzene rings is 1. The first kappa shape index (κ1) is 20.4. The Balaban J connectivity index is 2.81. The molecule has 3 N–H and O–H groups in total. The summed E-state index contributed by atoms with van der Waals surface area (Å²) in [5.74, 6) is -2.06. The van der Waals surface area contributed by atoms with E-state index in [1.54, 1.807) is 38.1 Å². The lowest BCUT2D eigenvalue weighted by atomic mass is 9.79. The molecule has 9 heteroatoms. The maximum atomic E-state index is 12.5. The van der Waals surface area contributed by atoms with Crippen molar-refractivity contribution in [3.8, 4) is 0 Å². The van der Waals surface area contributed by atoms with Crippen LogP contribution in [0.1, 0.15) is 25.3 Å². The standard InChI is InChI=1S/C18H21N3O5S/c1-9-13(16(22)25-3)15(14(10(2)20-9)17(23)26-4)11-7-5-6-8-12(11)21(27)18(19)24/h5-8,15,20,27H,1-4H3,(H2,19,24). The number of nitrogens with two attached hydrogens (primary N) is 1. The number of dihydropyridines is 1. The van der Waals surface area contributed by atoms with Gasteiger partial charge in [0.25, 0.3) is 0 Å². The second-order valence-electron chi connectivity index (χ2n) is 5.83. The number of hydrogen-bond acceptors (Lipinski definition) is 7. The molecule has 1 aliphatic heterocycles. The first-order chi connectivity index (χ1) is 12.7. The lowest BCUT2D eigenvalue weighted by molar-refractivity contribution is -0.137. The number of nitrogens with one attached hydrogen (secondary N) is 1. The molecule has 2 rings (SSSR count). The molecule has 27 heavy (non-hydrogen) atoms. The molecule has 0 atom stereocenters. The lowest BCUT2D eigenvalue weighted by Gasteiger charge is -2.32. The number of carbonyl (C=O) groups excluding carboxylic acids is 3. The molecule has 0 unspecified atom stereocenters. The predicted molar refractivity (Wildman–Crippen MR) is 103 cm³/mol. The van der Waals surface area contributed by atoms with Crippen LogP contribution in [-0.2, 0) is 19.1 Å². The number of nitrogens with zero attached hydrogens (tertiary/aromatic N) is 1. The van der Waals surface area contributed by atoms with E-state index in [1.165, 1.54) is 14.2 Å². The van der Waals surface area contributed by atoms with Crippen LogP contribution < -0.4 is 15.4 Å². The minimum Gasteiger partial charge on any atom is -0.466 e. The fourth-order valence-corrected chi connectivity index (χ4v) is 3.29. The van der Waals surface area contributed by atoms with Gasteiger partial charge in [-0.05, 0) is 25.5 Å². The molecule has 144 valence electrons. The van der Waals surface area contributed by atoms with Crippen LogP contribution in [0.5, 0.6) is 0 Å². The van der Waals surface area contributed by atoms with Crippen molar-refractivity contribution in [1.29, 1.82) is 0 Å². The van der Waals surface area contributed by atoms with Crippen molar-refractivity contribution in [2.75, 3.05) is 18.5 Å². The summed E-state index contributed by atoms with van der Waals surface area (Å²) in [7, 11) is 2.51. The number of hydrogen-bond donors (Lipinski definition) is 3. The molecule has 0 saturated carbocycles. The number of methoxy groups -OCH3 is 2. The number of amides is 2. The van der Waals surface area contributed by atoms with Crippen LogP contribution in [0, 0.1) is 0 Å². The second-order valence-corrected chi connectivity index (χ2v) is 6.23. The van der Waals surface area contributed by atoms with Gasteiger partial charge in [0.15, 0.2) is 0 Å². The molecular weight excluding hydrogens is 370 g/mol. The van der Waals surface area contributed by atoms with Crippen molar-refractivity contribution >= 4 is 36.5 Å². The van der Waals surface area contributed by atoms with Gasteiger partial charge in [-0.2, -0.15) is 0 Å². The number of rotatable bonds is 4. The average molecular weight is 391 g/mol. The fourth-order valence-electron chi connectivity index (χ4n) is 3.11. The monoisotopic (exact) mass is 391 g/mol. The number of allylic oxidation sites excluding steroid dienone is 2. The van der Waals surface area contributed by atoms with Gasteiger partial charge in [-0.3, -0.25) is 0 Å². The van der Waals surface area contributed by atoms with E-state index in [9.17, 15) is 14.4 Å². The Morgan fingerprint density at radius 2 is 1.52 bits per heavy atom. The van der Waals surface area contributed by atoms with Gasteiger partial charge in [-0.25, -0.2) is 18.7 Å². The second kappa shape index (κ2) is 8.17. The highest BCUT2D eigenvalue weighted by Gasteiger charge is 2.39. The van der Waals surface area contributed by atoms with Crippen molar-refractivity contribution in [1.82, 2.24) is 5.32 Å². The van der Waals surface area contributed by atoms with Gasteiger partial charge in [0.2, 0.25) is 0 Å². The van der Waals surface area contributed by atoms with E-state index in [4.69, 9.17) is 15.2 Å². The first-order valence-corrected chi connectivity index (χ1v) is 8.37. The largest absolute Gasteiger partial charge is 0.466 e. The summed E-state index contributed by atoms with van der Waals surface area (Å²) in [5, 5.41) is 3.01. The number of primary amides is 1. The molecular formula is C18H21N3O5S. The summed E-state index contributed by atoms with van der Waals surface area (Å²) in [6, 6.07) is 5.90. The van der Waals surface area contributed by atoms with Crippen LogP contribution in [0.4, 0.5) is 10.5 Å². The van der Waals surface area contributed by atoms with Crippen LogP contribution in [0.3, 0.4) is 0 Å². The van der Waals surface area contributed by atoms with E-state index in [0.29, 0.717) is 22.6 Å². The summed E-state index contributed by atoms with van der Waals surface area (Å²) in [5.41, 5.74) is 7.67. The number of esters is 2. The normalized spacial score (nSPS) is 14.6. The van der Waals surface area contributed by atoms with Crippen LogP contribution in [0.15, 0.2) is 46.8 Å². The Labute approximate surface area is 162 Å². The molecule has 8 nitrogen and oxygen atoms in total. The molecule has 1 aromatic carbocycles. The number of carbonyl (C=O) groups is 3. The van der Waals surface area contributed by atoms with Crippen LogP contribution in [0.2, 0.25) is 0 Å². The van der Waals surface area contributed by atoms with Crippen LogP contribution >= 0.6 is 12.8 Å². The Hall–Kier alpha value is -2.94. The topological polar surface area (TPSA) is 111 Å². The number of para-hydroxylation sites is 1. The third-order valence-electron chi connectivity index (χ3n) is 4.26. The Morgan fingerprint density at radius 1 is 1.04 bits per heavy atom. The average Bonchev–Trinajstić information content (AvgIpc) is 2.65. The van der Waals surface area contributed by atoms with E-state index in [1.807, 2.05) is 0 Å². The van der Waals surface area contributed by atoms with Gasteiger partial charge in [-0.1, -0.05) is 31.0 Å². The fraction of sp³-hybridized carbons (Fsp3) is 0.278. The zero-order valence-corrected chi connectivity index (χ0v) is 16.3. The molecule has 1 aromatic rings. The van der Waals surface area contributed by atoms with E-state index >= 15 is 0 Å². The molecule has 0 fully saturated rings. The van der Waals surface area contributed by atoms with E-state index in [2.05, 4.69) is 18.1 Å². The van der Waals surface area contributed by atoms with Gasteiger partial charge in [0, 0.05) is 11.4 Å². The molecule has 0 bridgehead atoms. The SMILES string of the molecule is COC(=O)C1=C(C)NC(C)=C(C(=O)OC)C1c1ccccc1N(S)C(N)=O. The number of thiol groups is 1. The van der Waals surface area contributed by atoms with Gasteiger partial charge in [0.05, 0.1) is 37.0 Å². The highest BCUT2D eigenvalue weighted by atomic mass is 32.1. The number of urea groups is 1. The maximum absolute atomic E-state index is 12.5. The van der Waals surface area contributed by atoms with Crippen molar-refractivity contribution < 1.29 is 23.9 Å². The summed E-state index contributed by atoms with van der Waals surface area (Å²) >= 11 is 4.14. The van der Waals surface area contributed by atoms with Gasteiger partial charge in [0.1, 0.15) is 0 Å². The Kier molecular flexibility index (Phi) is 6.17. The van der Waals surface area contributed by atoms with Gasteiger partial charge >= 0.3 is 18.0 Å². The highest BCUT2D eigenvalue weighted by Crippen LogP contribution is 2.43. The molecule has 2 amide bonds. The summed E-state index contributed by atoms with van der Waals surface area (Å²) < 4.78 is 10.8. The van der Waals surface area contributed by atoms with Crippen molar-refractivity contribution in [3.63, 3.8) is 0 Å². The third kappa shape index (κ3) is 3.77. The maximum Gasteiger partial charge on any atom is 0.336 e. The first-order valence-electron chi connectivity index (χ1n) is 7.97. The number of ether oxygens (including phenoxy) is 2. The molecule has 0 spiro atoms. The third-order valence-corrected chi connectivity index (χ3v) is 4.67. The van der Waals surface area contributed by atoms with Crippen LogP contribution in [0.25, 0.3) is 0 Å². The Morgan fingerprint density at radius 3 is 1.96 bits per heavy atom. The molecule has 0 saturated heterocycles. The quantitative estimate of drug-likeness (QED) is 0.535. The van der Waals surface area contributed by atoms with Gasteiger partial charge < -0.3 is 20.5 Å². The van der Waals surface area contributed by atoms with E-state index < -0.39 is 23.9 Å². The molecule has 0 aromatic heterocycles. The highest BCUT2D eigenvalue weighted by molar-refractivity contribution is 7.82. The smallest absolute Gasteiger partial charge is 0.336 e. The summed E-state index contributed by atoms with van der Waals surface area (Å²) in [6.07, 6.45) is 0. The zero-order chi connectivity index (χ0) is 20.3.